The van der Waals surface area contributed by atoms with Gasteiger partial charge in [-0.3, -0.25) is 4.79 Å². The van der Waals surface area contributed by atoms with E-state index in [1.807, 2.05) is 30.3 Å². The molecule has 2 rings (SSSR count). The van der Waals surface area contributed by atoms with Crippen LogP contribution in [-0.4, -0.2) is 17.1 Å². The van der Waals surface area contributed by atoms with Crippen LogP contribution in [-0.2, 0) is 17.8 Å². The molecule has 0 bridgehead atoms. The van der Waals surface area contributed by atoms with Crippen LogP contribution in [0.1, 0.15) is 17.5 Å². The van der Waals surface area contributed by atoms with E-state index in [-0.39, 0.29) is 18.3 Å². The molecule has 0 amide bonds. The van der Waals surface area contributed by atoms with E-state index in [2.05, 4.69) is 5.32 Å². The van der Waals surface area contributed by atoms with Crippen molar-refractivity contribution in [2.24, 2.45) is 0 Å². The molecule has 110 valence electrons. The molecular weight excluding hydrogens is 269 g/mol. The van der Waals surface area contributed by atoms with Gasteiger partial charge in [-0.15, -0.1) is 0 Å². The highest BCUT2D eigenvalue weighted by atomic mass is 19.1. The van der Waals surface area contributed by atoms with E-state index in [0.717, 1.165) is 5.56 Å². The molecule has 3 nitrogen and oxygen atoms in total. The van der Waals surface area contributed by atoms with Crippen LogP contribution in [0.2, 0.25) is 0 Å². The first-order valence-corrected chi connectivity index (χ1v) is 6.87. The molecule has 0 aliphatic carbocycles. The molecule has 0 aliphatic heterocycles. The molecule has 0 saturated heterocycles. The number of rotatable bonds is 7. The molecule has 0 radical (unpaired) electrons. The van der Waals surface area contributed by atoms with Crippen molar-refractivity contribution in [3.05, 3.63) is 71.5 Å². The normalized spacial score (nSPS) is 12.0. The zero-order valence-electron chi connectivity index (χ0n) is 11.6. The van der Waals surface area contributed by atoms with Gasteiger partial charge in [-0.1, -0.05) is 48.5 Å². The predicted octanol–water partition coefficient (Wildman–Crippen LogP) is 3.00. The quantitative estimate of drug-likeness (QED) is 0.823. The Balaban J connectivity index is 1.99. The van der Waals surface area contributed by atoms with Gasteiger partial charge in [0.2, 0.25) is 0 Å². The van der Waals surface area contributed by atoms with Crippen LogP contribution >= 0.6 is 0 Å². The third-order valence-corrected chi connectivity index (χ3v) is 3.28. The highest BCUT2D eigenvalue weighted by Gasteiger charge is 2.14. The maximum Gasteiger partial charge on any atom is 0.304 e. The first kappa shape index (κ1) is 15.2. The fourth-order valence-corrected chi connectivity index (χ4v) is 2.22. The minimum Gasteiger partial charge on any atom is -0.481 e. The molecule has 0 spiro atoms. The summed E-state index contributed by atoms with van der Waals surface area (Å²) in [6.45, 7) is 0.317. The number of benzene rings is 2. The van der Waals surface area contributed by atoms with Crippen LogP contribution in [0.15, 0.2) is 54.6 Å². The number of hydrogen-bond acceptors (Lipinski definition) is 2. The average Bonchev–Trinajstić information content (AvgIpc) is 2.46. The molecule has 1 unspecified atom stereocenters. The van der Waals surface area contributed by atoms with E-state index in [1.165, 1.54) is 6.07 Å². The summed E-state index contributed by atoms with van der Waals surface area (Å²) in [6.07, 6.45) is 0.602. The zero-order valence-corrected chi connectivity index (χ0v) is 11.6. The molecular formula is C17H18FNO2. The van der Waals surface area contributed by atoms with Gasteiger partial charge in [0.25, 0.3) is 0 Å². The van der Waals surface area contributed by atoms with Crippen LogP contribution in [0.4, 0.5) is 4.39 Å². The molecule has 2 aromatic rings. The summed E-state index contributed by atoms with van der Waals surface area (Å²) in [5.74, 6) is -1.14. The molecule has 0 aliphatic rings. The SMILES string of the molecule is O=C(O)CC(Cc1ccccc1)NCc1ccccc1F. The molecule has 0 saturated carbocycles. The number of hydrogen-bond donors (Lipinski definition) is 2. The summed E-state index contributed by atoms with van der Waals surface area (Å²) >= 11 is 0. The number of carboxylic acid groups (broad SMARTS) is 1. The molecule has 0 aromatic heterocycles. The standard InChI is InChI=1S/C17H18FNO2/c18-16-9-5-4-8-14(16)12-19-15(11-17(20)21)10-13-6-2-1-3-7-13/h1-9,15,19H,10-12H2,(H,20,21). The summed E-state index contributed by atoms with van der Waals surface area (Å²) in [5.41, 5.74) is 1.60. The largest absolute Gasteiger partial charge is 0.481 e. The summed E-state index contributed by atoms with van der Waals surface area (Å²) in [4.78, 5) is 11.0. The van der Waals surface area contributed by atoms with Crippen molar-refractivity contribution < 1.29 is 14.3 Å². The van der Waals surface area contributed by atoms with Crippen molar-refractivity contribution in [2.45, 2.75) is 25.4 Å². The first-order chi connectivity index (χ1) is 10.1. The maximum absolute atomic E-state index is 13.6. The topological polar surface area (TPSA) is 49.3 Å². The number of nitrogens with one attached hydrogen (secondary N) is 1. The molecule has 0 fully saturated rings. The van der Waals surface area contributed by atoms with Crippen molar-refractivity contribution in [1.29, 1.82) is 0 Å². The summed E-state index contributed by atoms with van der Waals surface area (Å²) in [7, 11) is 0. The smallest absolute Gasteiger partial charge is 0.304 e. The highest BCUT2D eigenvalue weighted by molar-refractivity contribution is 5.67. The van der Waals surface area contributed by atoms with Gasteiger partial charge >= 0.3 is 5.97 Å². The number of halogens is 1. The Labute approximate surface area is 123 Å². The monoisotopic (exact) mass is 287 g/mol. The van der Waals surface area contributed by atoms with Gasteiger partial charge in [0, 0.05) is 18.2 Å². The lowest BCUT2D eigenvalue weighted by atomic mass is 10.0. The lowest BCUT2D eigenvalue weighted by molar-refractivity contribution is -0.137. The Morgan fingerprint density at radius 3 is 2.43 bits per heavy atom. The molecule has 1 atom stereocenters. The summed E-state index contributed by atoms with van der Waals surface area (Å²) < 4.78 is 13.6. The molecule has 2 aromatic carbocycles. The van der Waals surface area contributed by atoms with Crippen molar-refractivity contribution in [2.75, 3.05) is 0 Å². The summed E-state index contributed by atoms with van der Waals surface area (Å²) in [6, 6.07) is 15.9. The molecule has 21 heavy (non-hydrogen) atoms. The van der Waals surface area contributed by atoms with Crippen LogP contribution < -0.4 is 5.32 Å². The van der Waals surface area contributed by atoms with Crippen molar-refractivity contribution in [3.8, 4) is 0 Å². The van der Waals surface area contributed by atoms with Gasteiger partial charge in [0.15, 0.2) is 0 Å². The molecule has 2 N–H and O–H groups in total. The van der Waals surface area contributed by atoms with Gasteiger partial charge in [-0.05, 0) is 18.1 Å². The average molecular weight is 287 g/mol. The third-order valence-electron chi connectivity index (χ3n) is 3.28. The van der Waals surface area contributed by atoms with Crippen LogP contribution in [0, 0.1) is 5.82 Å². The Hall–Kier alpha value is -2.20. The second-order valence-electron chi connectivity index (χ2n) is 4.96. The van der Waals surface area contributed by atoms with E-state index < -0.39 is 5.97 Å². The number of carbonyl (C=O) groups is 1. The van der Waals surface area contributed by atoms with Gasteiger partial charge in [0.1, 0.15) is 5.82 Å². The minimum atomic E-state index is -0.864. The van der Waals surface area contributed by atoms with E-state index in [1.54, 1.807) is 18.2 Å². The van der Waals surface area contributed by atoms with Gasteiger partial charge in [0.05, 0.1) is 6.42 Å². The van der Waals surface area contributed by atoms with E-state index in [4.69, 9.17) is 5.11 Å². The second-order valence-corrected chi connectivity index (χ2v) is 4.96. The Morgan fingerprint density at radius 2 is 1.76 bits per heavy atom. The minimum absolute atomic E-state index is 0.00332. The second kappa shape index (κ2) is 7.55. The summed E-state index contributed by atoms with van der Waals surface area (Å²) in [5, 5.41) is 12.1. The van der Waals surface area contributed by atoms with E-state index in [9.17, 15) is 9.18 Å². The van der Waals surface area contributed by atoms with Crippen molar-refractivity contribution in [3.63, 3.8) is 0 Å². The van der Waals surface area contributed by atoms with Crippen LogP contribution in [0.3, 0.4) is 0 Å². The van der Waals surface area contributed by atoms with E-state index in [0.29, 0.717) is 18.5 Å². The van der Waals surface area contributed by atoms with Crippen LogP contribution in [0.25, 0.3) is 0 Å². The van der Waals surface area contributed by atoms with Gasteiger partial charge < -0.3 is 10.4 Å². The Kier molecular flexibility index (Phi) is 5.46. The van der Waals surface area contributed by atoms with Crippen LogP contribution in [0.5, 0.6) is 0 Å². The highest BCUT2D eigenvalue weighted by Crippen LogP contribution is 2.09. The molecule has 4 heteroatoms. The Morgan fingerprint density at radius 1 is 1.10 bits per heavy atom. The molecule has 0 heterocycles. The fourth-order valence-electron chi connectivity index (χ4n) is 2.22. The predicted molar refractivity (Wildman–Crippen MR) is 79.4 cm³/mol. The lowest BCUT2D eigenvalue weighted by Crippen LogP contribution is -2.33. The number of carboxylic acids is 1. The fraction of sp³-hybridized carbons (Fsp3) is 0.235. The Bertz CT molecular complexity index is 586. The maximum atomic E-state index is 13.6. The van der Waals surface area contributed by atoms with Crippen molar-refractivity contribution in [1.82, 2.24) is 5.32 Å². The zero-order chi connectivity index (χ0) is 15.1. The lowest BCUT2D eigenvalue weighted by Gasteiger charge is -2.17. The van der Waals surface area contributed by atoms with E-state index >= 15 is 0 Å². The number of aliphatic carboxylic acids is 1. The third kappa shape index (κ3) is 5.00. The van der Waals surface area contributed by atoms with Gasteiger partial charge in [-0.2, -0.15) is 0 Å². The first-order valence-electron chi connectivity index (χ1n) is 6.87. The van der Waals surface area contributed by atoms with Gasteiger partial charge in [-0.25, -0.2) is 4.39 Å². The van der Waals surface area contributed by atoms with Crippen molar-refractivity contribution >= 4 is 5.97 Å².